The highest BCUT2D eigenvalue weighted by molar-refractivity contribution is 7.90. The van der Waals surface area contributed by atoms with Gasteiger partial charge in [0.15, 0.2) is 0 Å². The first-order valence-corrected chi connectivity index (χ1v) is 9.29. The number of hydrogen-bond donors (Lipinski definition) is 0. The van der Waals surface area contributed by atoms with Crippen molar-refractivity contribution in [2.24, 2.45) is 0 Å². The van der Waals surface area contributed by atoms with Crippen LogP contribution in [-0.4, -0.2) is 43.3 Å². The van der Waals surface area contributed by atoms with Crippen LogP contribution < -0.4 is 0 Å². The van der Waals surface area contributed by atoms with Gasteiger partial charge in [0, 0.05) is 18.3 Å². The van der Waals surface area contributed by atoms with E-state index in [2.05, 4.69) is 0 Å². The Labute approximate surface area is 122 Å². The van der Waals surface area contributed by atoms with E-state index in [1.54, 1.807) is 24.0 Å². The third-order valence-electron chi connectivity index (χ3n) is 2.98. The molecule has 0 spiro atoms. The quantitative estimate of drug-likeness (QED) is 0.837. The van der Waals surface area contributed by atoms with Gasteiger partial charge in [-0.2, -0.15) is 0 Å². The molecular weight excluding hydrogens is 306 g/mol. The molecule has 19 heavy (non-hydrogen) atoms. The molecule has 1 saturated carbocycles. The second kappa shape index (κ2) is 5.42. The molecule has 0 N–H and O–H groups in total. The van der Waals surface area contributed by atoms with Gasteiger partial charge in [-0.15, -0.1) is 11.3 Å². The number of halogens is 1. The zero-order valence-electron chi connectivity index (χ0n) is 10.8. The summed E-state index contributed by atoms with van der Waals surface area (Å²) in [7, 11) is -3.10. The summed E-state index contributed by atoms with van der Waals surface area (Å²) in [5, 5.41) is 0. The number of sulfone groups is 1. The van der Waals surface area contributed by atoms with Crippen LogP contribution in [0.2, 0.25) is 4.34 Å². The second-order valence-electron chi connectivity index (χ2n) is 4.99. The Morgan fingerprint density at radius 1 is 1.53 bits per heavy atom. The summed E-state index contributed by atoms with van der Waals surface area (Å²) in [6.45, 7) is 1.78. The van der Waals surface area contributed by atoms with Crippen molar-refractivity contribution < 1.29 is 13.2 Å². The van der Waals surface area contributed by atoms with Gasteiger partial charge in [0.25, 0.3) is 5.91 Å². The van der Waals surface area contributed by atoms with E-state index >= 15 is 0 Å². The van der Waals surface area contributed by atoms with Crippen LogP contribution in [0.3, 0.4) is 0 Å². The number of hydrogen-bond acceptors (Lipinski definition) is 4. The predicted octanol–water partition coefficient (Wildman–Crippen LogP) is 2.44. The lowest BCUT2D eigenvalue weighted by molar-refractivity contribution is 0.0698. The van der Waals surface area contributed by atoms with E-state index in [1.165, 1.54) is 17.6 Å². The molecule has 7 heteroatoms. The smallest absolute Gasteiger partial charge is 0.264 e. The normalized spacial score (nSPS) is 17.2. The van der Waals surface area contributed by atoms with Crippen molar-refractivity contribution in [1.82, 2.24) is 4.90 Å². The fourth-order valence-electron chi connectivity index (χ4n) is 2.15. The Balaban J connectivity index is 2.18. The van der Waals surface area contributed by atoms with Crippen LogP contribution >= 0.6 is 22.9 Å². The van der Waals surface area contributed by atoms with Crippen LogP contribution in [0.25, 0.3) is 0 Å². The Hall–Kier alpha value is -0.590. The zero-order valence-corrected chi connectivity index (χ0v) is 13.2. The van der Waals surface area contributed by atoms with E-state index in [1.807, 2.05) is 0 Å². The van der Waals surface area contributed by atoms with Gasteiger partial charge in [-0.3, -0.25) is 4.79 Å². The zero-order chi connectivity index (χ0) is 14.2. The minimum Gasteiger partial charge on any atom is -0.331 e. The van der Waals surface area contributed by atoms with Gasteiger partial charge < -0.3 is 4.90 Å². The molecule has 1 amide bonds. The Morgan fingerprint density at radius 3 is 2.58 bits per heavy atom. The third-order valence-corrected chi connectivity index (χ3v) is 5.28. The maximum Gasteiger partial charge on any atom is 0.264 e. The predicted molar refractivity (Wildman–Crippen MR) is 77.7 cm³/mol. The van der Waals surface area contributed by atoms with E-state index in [0.29, 0.717) is 9.21 Å². The largest absolute Gasteiger partial charge is 0.331 e. The van der Waals surface area contributed by atoms with Crippen LogP contribution in [0, 0.1) is 0 Å². The molecule has 106 valence electrons. The second-order valence-corrected chi connectivity index (χ2v) is 8.89. The molecule has 0 aromatic carbocycles. The fourth-order valence-corrected chi connectivity index (χ4v) is 4.18. The maximum atomic E-state index is 12.4. The summed E-state index contributed by atoms with van der Waals surface area (Å²) in [6.07, 6.45) is 3.08. The number of carbonyl (C=O) groups is 1. The fraction of sp³-hybridized carbons (Fsp3) is 0.583. The summed E-state index contributed by atoms with van der Waals surface area (Å²) < 4.78 is 23.4. The molecule has 0 saturated heterocycles. The average Bonchev–Trinajstić information content (AvgIpc) is 2.97. The molecule has 2 rings (SSSR count). The molecular formula is C12H16ClNO3S2. The Morgan fingerprint density at radius 2 is 2.16 bits per heavy atom. The van der Waals surface area contributed by atoms with Gasteiger partial charge in [0.1, 0.15) is 9.84 Å². The van der Waals surface area contributed by atoms with Crippen molar-refractivity contribution >= 4 is 38.7 Å². The van der Waals surface area contributed by atoms with Crippen molar-refractivity contribution in [2.75, 3.05) is 12.0 Å². The molecule has 0 aliphatic heterocycles. The minimum absolute atomic E-state index is 0.00561. The first-order chi connectivity index (χ1) is 8.78. The number of rotatable bonds is 5. The lowest BCUT2D eigenvalue weighted by Gasteiger charge is -2.28. The number of amides is 1. The average molecular weight is 322 g/mol. The number of carbonyl (C=O) groups excluding carboxylic acids is 1. The summed E-state index contributed by atoms with van der Waals surface area (Å²) in [5.41, 5.74) is 0. The number of thiophene rings is 1. The highest BCUT2D eigenvalue weighted by Gasteiger charge is 2.37. The summed E-state index contributed by atoms with van der Waals surface area (Å²) in [5.74, 6) is -0.121. The molecule has 0 bridgehead atoms. The molecule has 1 aromatic rings. The molecule has 1 fully saturated rings. The van der Waals surface area contributed by atoms with Crippen LogP contribution in [0.5, 0.6) is 0 Å². The molecule has 0 unspecified atom stereocenters. The van der Waals surface area contributed by atoms with Crippen molar-refractivity contribution in [3.8, 4) is 0 Å². The van der Waals surface area contributed by atoms with Gasteiger partial charge in [-0.05, 0) is 31.9 Å². The van der Waals surface area contributed by atoms with Crippen molar-refractivity contribution in [1.29, 1.82) is 0 Å². The molecule has 1 atom stereocenters. The standard InChI is InChI=1S/C12H16ClNO3S2/c1-8(7-19(2,16)17)14(9-3-4-9)12(15)10-5-6-11(13)18-10/h5-6,8-9H,3-4,7H2,1-2H3/t8-/m0/s1. The van der Waals surface area contributed by atoms with Crippen LogP contribution in [0.4, 0.5) is 0 Å². The molecule has 1 aromatic heterocycles. The highest BCUT2D eigenvalue weighted by atomic mass is 35.5. The van der Waals surface area contributed by atoms with Gasteiger partial charge in [0.2, 0.25) is 0 Å². The lowest BCUT2D eigenvalue weighted by Crippen LogP contribution is -2.43. The molecule has 0 radical (unpaired) electrons. The van der Waals surface area contributed by atoms with Crippen LogP contribution in [-0.2, 0) is 9.84 Å². The molecule has 1 aliphatic carbocycles. The van der Waals surface area contributed by atoms with Gasteiger partial charge >= 0.3 is 0 Å². The van der Waals surface area contributed by atoms with E-state index < -0.39 is 9.84 Å². The molecule has 1 aliphatic rings. The summed E-state index contributed by atoms with van der Waals surface area (Å²) in [6, 6.07) is 3.24. The van der Waals surface area contributed by atoms with Crippen LogP contribution in [0.1, 0.15) is 29.4 Å². The van der Waals surface area contributed by atoms with Crippen molar-refractivity contribution in [2.45, 2.75) is 31.8 Å². The van der Waals surface area contributed by atoms with E-state index in [9.17, 15) is 13.2 Å². The SMILES string of the molecule is C[C@@H](CS(C)(=O)=O)N(C(=O)c1ccc(Cl)s1)C1CC1. The third kappa shape index (κ3) is 3.94. The first-order valence-electron chi connectivity index (χ1n) is 6.03. The monoisotopic (exact) mass is 321 g/mol. The van der Waals surface area contributed by atoms with E-state index in [-0.39, 0.29) is 23.7 Å². The highest BCUT2D eigenvalue weighted by Crippen LogP contribution is 2.32. The number of nitrogens with zero attached hydrogens (tertiary/aromatic N) is 1. The molecule has 4 nitrogen and oxygen atoms in total. The van der Waals surface area contributed by atoms with Gasteiger partial charge in [0.05, 0.1) is 15.0 Å². The summed E-state index contributed by atoms with van der Waals surface area (Å²) >= 11 is 7.07. The van der Waals surface area contributed by atoms with E-state index in [0.717, 1.165) is 12.8 Å². The first kappa shape index (κ1) is 14.8. The Bertz CT molecular complexity index is 578. The van der Waals surface area contributed by atoms with E-state index in [4.69, 9.17) is 11.6 Å². The molecule has 1 heterocycles. The maximum absolute atomic E-state index is 12.4. The van der Waals surface area contributed by atoms with Gasteiger partial charge in [-0.25, -0.2) is 8.42 Å². The minimum atomic E-state index is -3.10. The van der Waals surface area contributed by atoms with Crippen LogP contribution in [0.15, 0.2) is 12.1 Å². The lowest BCUT2D eigenvalue weighted by atomic mass is 10.2. The van der Waals surface area contributed by atoms with Crippen molar-refractivity contribution in [3.63, 3.8) is 0 Å². The van der Waals surface area contributed by atoms with Gasteiger partial charge in [-0.1, -0.05) is 11.6 Å². The van der Waals surface area contributed by atoms with Crippen molar-refractivity contribution in [3.05, 3.63) is 21.3 Å². The topological polar surface area (TPSA) is 54.5 Å². The summed E-state index contributed by atoms with van der Waals surface area (Å²) in [4.78, 5) is 14.7. The Kier molecular flexibility index (Phi) is 4.23.